The Labute approximate surface area is 102 Å². The topological polar surface area (TPSA) is 17.1 Å². The van der Waals surface area contributed by atoms with E-state index in [0.717, 1.165) is 6.29 Å². The van der Waals surface area contributed by atoms with Crippen LogP contribution >= 0.6 is 0 Å². The highest BCUT2D eigenvalue weighted by molar-refractivity contribution is 6.86. The van der Waals surface area contributed by atoms with Crippen molar-refractivity contribution in [1.82, 2.24) is 0 Å². The summed E-state index contributed by atoms with van der Waals surface area (Å²) in [4.78, 5) is 11.4. The molecule has 1 atom stereocenters. The van der Waals surface area contributed by atoms with Gasteiger partial charge in [-0.25, -0.2) is 0 Å². The van der Waals surface area contributed by atoms with Crippen LogP contribution in [0.25, 0.3) is 0 Å². The second kappa shape index (κ2) is 6.25. The minimum absolute atomic E-state index is 0.109. The van der Waals surface area contributed by atoms with Crippen molar-refractivity contribution >= 4 is 14.4 Å². The Kier molecular flexibility index (Phi) is 6.03. The van der Waals surface area contributed by atoms with E-state index in [1.807, 2.05) is 0 Å². The Morgan fingerprint density at radius 2 is 1.44 bits per heavy atom. The molecule has 2 heteroatoms. The van der Waals surface area contributed by atoms with Crippen molar-refractivity contribution in [2.75, 3.05) is 0 Å². The molecule has 0 amide bonds. The van der Waals surface area contributed by atoms with E-state index in [1.165, 1.54) is 0 Å². The molecule has 92 valence electrons. The fraction of sp³-hybridized carbons (Fsp3) is 0.786. The zero-order valence-electron chi connectivity index (χ0n) is 11.6. The van der Waals surface area contributed by atoms with Gasteiger partial charge in [0.2, 0.25) is 0 Å². The third kappa shape index (κ3) is 2.57. The third-order valence-electron chi connectivity index (χ3n) is 4.14. The predicted molar refractivity (Wildman–Crippen MR) is 74.3 cm³/mol. The average Bonchev–Trinajstić information content (AvgIpc) is 2.15. The first kappa shape index (κ1) is 15.4. The van der Waals surface area contributed by atoms with E-state index < -0.39 is 8.07 Å². The van der Waals surface area contributed by atoms with Crippen molar-refractivity contribution in [2.24, 2.45) is 0 Å². The van der Waals surface area contributed by atoms with Crippen molar-refractivity contribution < 1.29 is 4.79 Å². The van der Waals surface area contributed by atoms with Gasteiger partial charge in [0.25, 0.3) is 0 Å². The van der Waals surface area contributed by atoms with Crippen molar-refractivity contribution in [2.45, 2.75) is 70.1 Å². The lowest BCUT2D eigenvalue weighted by atomic mass is 10.3. The lowest BCUT2D eigenvalue weighted by Gasteiger charge is -2.46. The molecule has 16 heavy (non-hydrogen) atoms. The lowest BCUT2D eigenvalue weighted by Crippen LogP contribution is -2.49. The zero-order chi connectivity index (χ0) is 12.9. The summed E-state index contributed by atoms with van der Waals surface area (Å²) in [5.41, 5.74) is 1.89. The molecule has 0 spiro atoms. The Hall–Kier alpha value is -0.553. The van der Waals surface area contributed by atoms with E-state index in [-0.39, 0.29) is 5.54 Å². The number of rotatable bonds is 6. The molecule has 0 saturated carbocycles. The number of hydrogen-bond donors (Lipinski definition) is 0. The smallest absolute Gasteiger partial charge is 0.121 e. The van der Waals surface area contributed by atoms with E-state index in [2.05, 4.69) is 47.5 Å². The number of carbonyl (C=O) groups is 1. The maximum Gasteiger partial charge on any atom is 0.121 e. The molecule has 0 radical (unpaired) electrons. The Balaban J connectivity index is 5.49. The summed E-state index contributed by atoms with van der Waals surface area (Å²) in [6, 6.07) is 0. The second-order valence-corrected chi connectivity index (χ2v) is 11.8. The molecule has 0 bridgehead atoms. The first-order chi connectivity index (χ1) is 7.35. The first-order valence-corrected chi connectivity index (χ1v) is 8.55. The van der Waals surface area contributed by atoms with Crippen LogP contribution in [0.5, 0.6) is 0 Å². The molecular formula is C14H26OSi. The van der Waals surface area contributed by atoms with E-state index in [9.17, 15) is 4.79 Å². The Morgan fingerprint density at radius 3 is 1.62 bits per heavy atom. The summed E-state index contributed by atoms with van der Waals surface area (Å²) in [5.74, 6) is 2.69. The van der Waals surface area contributed by atoms with Crippen molar-refractivity contribution in [1.29, 1.82) is 0 Å². The molecule has 0 saturated heterocycles. The van der Waals surface area contributed by atoms with E-state index in [0.29, 0.717) is 23.0 Å². The number of terminal acetylenes is 1. The van der Waals surface area contributed by atoms with E-state index in [4.69, 9.17) is 6.42 Å². The normalized spacial score (nSPS) is 14.2. The first-order valence-electron chi connectivity index (χ1n) is 6.24. The molecule has 0 heterocycles. The highest BCUT2D eigenvalue weighted by Crippen LogP contribution is 2.49. The van der Waals surface area contributed by atoms with Crippen molar-refractivity contribution in [3.05, 3.63) is 0 Å². The standard InChI is InChI=1S/C14H26OSi/c1-8-9-14(10-15)16(11(2)3,12(4)5)13(6)7/h1,10-14H,9H2,2-7H3. The fourth-order valence-corrected chi connectivity index (χ4v) is 11.0. The second-order valence-electron chi connectivity index (χ2n) is 5.61. The van der Waals surface area contributed by atoms with Crippen LogP contribution in [-0.4, -0.2) is 14.4 Å². The van der Waals surface area contributed by atoms with Crippen molar-refractivity contribution in [3.8, 4) is 12.3 Å². The Bertz CT molecular complexity index is 239. The molecule has 0 aliphatic carbocycles. The molecule has 0 rings (SSSR count). The molecule has 0 aromatic carbocycles. The van der Waals surface area contributed by atoms with Gasteiger partial charge in [-0.05, 0) is 16.6 Å². The van der Waals surface area contributed by atoms with Crippen LogP contribution < -0.4 is 0 Å². The largest absolute Gasteiger partial charge is 0.303 e. The molecular weight excluding hydrogens is 212 g/mol. The predicted octanol–water partition coefficient (Wildman–Crippen LogP) is 4.26. The number of carbonyl (C=O) groups excluding carboxylic acids is 1. The van der Waals surface area contributed by atoms with Crippen LogP contribution in [0.15, 0.2) is 0 Å². The number of aldehydes is 1. The minimum Gasteiger partial charge on any atom is -0.303 e. The summed E-state index contributed by atoms with van der Waals surface area (Å²) in [6.45, 7) is 13.6. The van der Waals surface area contributed by atoms with Gasteiger partial charge in [0.05, 0.1) is 8.07 Å². The molecule has 0 aromatic heterocycles. The molecule has 0 aliphatic heterocycles. The van der Waals surface area contributed by atoms with E-state index >= 15 is 0 Å². The van der Waals surface area contributed by atoms with Gasteiger partial charge in [-0.15, -0.1) is 12.3 Å². The monoisotopic (exact) mass is 238 g/mol. The number of hydrogen-bond acceptors (Lipinski definition) is 1. The molecule has 1 unspecified atom stereocenters. The maximum absolute atomic E-state index is 11.4. The highest BCUT2D eigenvalue weighted by Gasteiger charge is 2.48. The van der Waals surface area contributed by atoms with Crippen LogP contribution in [0.2, 0.25) is 22.2 Å². The van der Waals surface area contributed by atoms with Gasteiger partial charge >= 0.3 is 0 Å². The van der Waals surface area contributed by atoms with Gasteiger partial charge in [-0.2, -0.15) is 0 Å². The Morgan fingerprint density at radius 1 is 1.06 bits per heavy atom. The lowest BCUT2D eigenvalue weighted by molar-refractivity contribution is -0.107. The van der Waals surface area contributed by atoms with Crippen LogP contribution in [0.1, 0.15) is 48.0 Å². The molecule has 0 aliphatic rings. The maximum atomic E-state index is 11.4. The fourth-order valence-electron chi connectivity index (χ4n) is 3.75. The average molecular weight is 238 g/mol. The van der Waals surface area contributed by atoms with Crippen LogP contribution in [0.3, 0.4) is 0 Å². The van der Waals surface area contributed by atoms with Crippen molar-refractivity contribution in [3.63, 3.8) is 0 Å². The summed E-state index contributed by atoms with van der Waals surface area (Å²) in [6.07, 6.45) is 7.16. The zero-order valence-corrected chi connectivity index (χ0v) is 12.6. The van der Waals surface area contributed by atoms with Gasteiger partial charge in [0.15, 0.2) is 0 Å². The summed E-state index contributed by atoms with van der Waals surface area (Å²) >= 11 is 0. The van der Waals surface area contributed by atoms with Crippen LogP contribution in [-0.2, 0) is 4.79 Å². The summed E-state index contributed by atoms with van der Waals surface area (Å²) in [7, 11) is -1.69. The molecule has 0 N–H and O–H groups in total. The van der Waals surface area contributed by atoms with Gasteiger partial charge in [-0.3, -0.25) is 0 Å². The van der Waals surface area contributed by atoms with Crippen LogP contribution in [0.4, 0.5) is 0 Å². The molecule has 1 nitrogen and oxygen atoms in total. The minimum atomic E-state index is -1.69. The summed E-state index contributed by atoms with van der Waals surface area (Å²) < 4.78 is 0. The third-order valence-corrected chi connectivity index (χ3v) is 11.8. The van der Waals surface area contributed by atoms with Gasteiger partial charge < -0.3 is 4.79 Å². The van der Waals surface area contributed by atoms with Gasteiger partial charge in [-0.1, -0.05) is 41.5 Å². The van der Waals surface area contributed by atoms with Gasteiger partial charge in [0.1, 0.15) is 6.29 Å². The SMILES string of the molecule is C#CCC(C=O)[Si](C(C)C)(C(C)C)C(C)C. The quantitative estimate of drug-likeness (QED) is 0.384. The summed E-state index contributed by atoms with van der Waals surface area (Å²) in [5, 5.41) is 0. The highest BCUT2D eigenvalue weighted by atomic mass is 28.3. The molecule has 0 aromatic rings. The van der Waals surface area contributed by atoms with E-state index in [1.54, 1.807) is 0 Å². The van der Waals surface area contributed by atoms with Crippen LogP contribution in [0, 0.1) is 12.3 Å². The van der Waals surface area contributed by atoms with Gasteiger partial charge in [0, 0.05) is 12.0 Å². The molecule has 0 fully saturated rings.